The quantitative estimate of drug-likeness (QED) is 0.195. The zero-order valence-corrected chi connectivity index (χ0v) is 20.2. The van der Waals surface area contributed by atoms with E-state index in [0.29, 0.717) is 35.5 Å². The Morgan fingerprint density at radius 2 is 1.88 bits per heavy atom. The normalized spacial score (nSPS) is 15.8. The van der Waals surface area contributed by atoms with Crippen molar-refractivity contribution in [2.24, 2.45) is 0 Å². The Kier molecular flexibility index (Phi) is 9.75. The van der Waals surface area contributed by atoms with Crippen LogP contribution in [0.4, 0.5) is 4.39 Å². The van der Waals surface area contributed by atoms with Crippen molar-refractivity contribution >= 4 is 19.4 Å². The summed E-state index contributed by atoms with van der Waals surface area (Å²) in [7, 11) is -3.95. The molecule has 0 aliphatic heterocycles. The van der Waals surface area contributed by atoms with Gasteiger partial charge in [0, 0.05) is 12.7 Å². The van der Waals surface area contributed by atoms with E-state index >= 15 is 0 Å². The molecule has 0 spiro atoms. The number of nitrogens with zero attached hydrogens (tertiary/aromatic N) is 1. The number of halogens is 1. The molecule has 8 heteroatoms. The first kappa shape index (κ1) is 25.4. The number of rotatable bonds is 13. The van der Waals surface area contributed by atoms with Gasteiger partial charge in [-0.1, -0.05) is 49.6 Å². The van der Waals surface area contributed by atoms with Crippen LogP contribution in [0.2, 0.25) is 0 Å². The summed E-state index contributed by atoms with van der Waals surface area (Å²) in [6, 6.07) is 12.4. The van der Waals surface area contributed by atoms with Crippen LogP contribution in [0.3, 0.4) is 0 Å². The summed E-state index contributed by atoms with van der Waals surface area (Å²) in [4.78, 5) is 22.6. The minimum absolute atomic E-state index is 0.149. The van der Waals surface area contributed by atoms with Crippen molar-refractivity contribution in [3.63, 3.8) is 0 Å². The molecule has 1 aromatic heterocycles. The van der Waals surface area contributed by atoms with Crippen LogP contribution in [-0.4, -0.2) is 33.2 Å². The maximum atomic E-state index is 14.4. The molecule has 1 heterocycles. The molecule has 0 radical (unpaired) electrons. The van der Waals surface area contributed by atoms with Gasteiger partial charge in [0.1, 0.15) is 5.82 Å². The average molecular weight is 481 g/mol. The average Bonchev–Trinajstić information content (AvgIpc) is 3.24. The molecule has 5 nitrogen and oxygen atoms in total. The van der Waals surface area contributed by atoms with Crippen molar-refractivity contribution in [2.45, 2.75) is 68.2 Å². The fourth-order valence-corrected chi connectivity index (χ4v) is 6.02. The highest BCUT2D eigenvalue weighted by molar-refractivity contribution is 7.99. The smallest absolute Gasteiger partial charge is 0.324 e. The molecule has 2 aromatic rings. The van der Waals surface area contributed by atoms with Gasteiger partial charge in [-0.15, -0.1) is 11.8 Å². The molecule has 3 N–H and O–H groups in total. The van der Waals surface area contributed by atoms with Crippen LogP contribution < -0.4 is 5.32 Å². The van der Waals surface area contributed by atoms with Gasteiger partial charge in [0.05, 0.1) is 16.8 Å². The molecule has 1 fully saturated rings. The molecule has 0 amide bonds. The molecule has 0 bridgehead atoms. The second kappa shape index (κ2) is 12.3. The fraction of sp³-hybridized carbons (Fsp3) is 0.542. The van der Waals surface area contributed by atoms with Crippen LogP contribution in [0.5, 0.6) is 0 Å². The lowest BCUT2D eigenvalue weighted by Gasteiger charge is -2.30. The summed E-state index contributed by atoms with van der Waals surface area (Å²) in [5, 5.41) is 3.05. The van der Waals surface area contributed by atoms with Crippen LogP contribution in [0.1, 0.15) is 62.6 Å². The lowest BCUT2D eigenvalue weighted by molar-refractivity contribution is 0.371. The molecule has 3 rings (SSSR count). The third kappa shape index (κ3) is 7.96. The first-order valence-corrected chi connectivity index (χ1v) is 14.2. The van der Waals surface area contributed by atoms with Crippen molar-refractivity contribution in [3.8, 4) is 0 Å². The van der Waals surface area contributed by atoms with Gasteiger partial charge >= 0.3 is 7.60 Å². The van der Waals surface area contributed by atoms with Crippen LogP contribution >= 0.6 is 19.4 Å². The van der Waals surface area contributed by atoms with E-state index in [4.69, 9.17) is 9.79 Å². The van der Waals surface area contributed by atoms with E-state index in [-0.39, 0.29) is 12.0 Å². The summed E-state index contributed by atoms with van der Waals surface area (Å²) in [6.45, 7) is 0.833. The first-order valence-electron chi connectivity index (χ1n) is 11.5. The number of pyridine rings is 1. The summed E-state index contributed by atoms with van der Waals surface area (Å²) < 4.78 is 25.3. The standard InChI is InChI=1S/C24H34FN2O3PS/c25-22-17-21(18-26-14-8-15-31(28,29)30)27-19-23(22)32-16-7-6-13-24(11-4-5-12-24)20-9-2-1-3-10-20/h1-3,9-10,17,19,26H,4-8,11-16,18H2,(H2,28,29,30). The van der Waals surface area contributed by atoms with Crippen molar-refractivity contribution < 1.29 is 18.7 Å². The summed E-state index contributed by atoms with van der Waals surface area (Å²) in [5.41, 5.74) is 2.40. The number of benzene rings is 1. The number of hydrogen-bond acceptors (Lipinski definition) is 4. The van der Waals surface area contributed by atoms with Crippen LogP contribution in [0.25, 0.3) is 0 Å². The Bertz CT molecular complexity index is 888. The molecule has 1 aromatic carbocycles. The zero-order valence-electron chi connectivity index (χ0n) is 18.5. The Hall–Kier alpha value is -1.24. The lowest BCUT2D eigenvalue weighted by Crippen LogP contribution is -2.21. The summed E-state index contributed by atoms with van der Waals surface area (Å²) in [5.74, 6) is 0.622. The van der Waals surface area contributed by atoms with E-state index in [1.807, 2.05) is 0 Å². The van der Waals surface area contributed by atoms with Gasteiger partial charge in [-0.05, 0) is 61.4 Å². The topological polar surface area (TPSA) is 82.5 Å². The second-order valence-corrected chi connectivity index (χ2v) is 11.6. The van der Waals surface area contributed by atoms with Gasteiger partial charge in [-0.3, -0.25) is 9.55 Å². The van der Waals surface area contributed by atoms with Gasteiger partial charge in [-0.2, -0.15) is 0 Å². The molecule has 32 heavy (non-hydrogen) atoms. The highest BCUT2D eigenvalue weighted by Crippen LogP contribution is 2.45. The van der Waals surface area contributed by atoms with E-state index < -0.39 is 7.60 Å². The predicted octanol–water partition coefficient (Wildman–Crippen LogP) is 5.65. The third-order valence-corrected chi connectivity index (χ3v) is 8.24. The van der Waals surface area contributed by atoms with E-state index in [1.165, 1.54) is 55.5 Å². The SMILES string of the molecule is O=P(O)(O)CCCNCc1cc(F)c(SCCCCC2(c3ccccc3)CCCC2)cn1. The molecule has 0 unspecified atom stereocenters. The van der Waals surface area contributed by atoms with Crippen molar-refractivity contribution in [1.29, 1.82) is 0 Å². The van der Waals surface area contributed by atoms with Gasteiger partial charge in [0.25, 0.3) is 0 Å². The van der Waals surface area contributed by atoms with E-state index in [0.717, 1.165) is 18.6 Å². The Balaban J connectivity index is 1.38. The van der Waals surface area contributed by atoms with Gasteiger partial charge in [0.2, 0.25) is 0 Å². The maximum absolute atomic E-state index is 14.4. The zero-order chi connectivity index (χ0) is 22.9. The lowest BCUT2D eigenvalue weighted by atomic mass is 9.75. The van der Waals surface area contributed by atoms with E-state index in [1.54, 1.807) is 6.20 Å². The third-order valence-electron chi connectivity index (χ3n) is 6.24. The molecule has 1 aliphatic carbocycles. The highest BCUT2D eigenvalue weighted by Gasteiger charge is 2.34. The maximum Gasteiger partial charge on any atom is 0.325 e. The van der Waals surface area contributed by atoms with E-state index in [9.17, 15) is 8.96 Å². The molecular weight excluding hydrogens is 446 g/mol. The number of nitrogens with one attached hydrogen (secondary N) is 1. The Morgan fingerprint density at radius 1 is 1.12 bits per heavy atom. The summed E-state index contributed by atoms with van der Waals surface area (Å²) in [6.07, 6.45) is 10.4. The number of hydrogen-bond donors (Lipinski definition) is 3. The van der Waals surface area contributed by atoms with Crippen molar-refractivity contribution in [3.05, 3.63) is 59.7 Å². The largest absolute Gasteiger partial charge is 0.325 e. The Labute approximate surface area is 194 Å². The Morgan fingerprint density at radius 3 is 2.56 bits per heavy atom. The molecular formula is C24H34FN2O3PS. The fourth-order valence-electron chi connectivity index (χ4n) is 4.56. The minimum Gasteiger partial charge on any atom is -0.324 e. The number of aromatic nitrogens is 1. The van der Waals surface area contributed by atoms with Gasteiger partial charge in [0.15, 0.2) is 0 Å². The van der Waals surface area contributed by atoms with Crippen LogP contribution in [0, 0.1) is 5.82 Å². The van der Waals surface area contributed by atoms with Gasteiger partial charge < -0.3 is 15.1 Å². The molecule has 0 saturated heterocycles. The van der Waals surface area contributed by atoms with Crippen LogP contribution in [-0.2, 0) is 16.5 Å². The monoisotopic (exact) mass is 480 g/mol. The van der Waals surface area contributed by atoms with Gasteiger partial charge in [-0.25, -0.2) is 4.39 Å². The van der Waals surface area contributed by atoms with Crippen molar-refractivity contribution in [1.82, 2.24) is 10.3 Å². The molecule has 1 aliphatic rings. The molecule has 1 saturated carbocycles. The number of unbranched alkanes of at least 4 members (excludes halogenated alkanes) is 1. The van der Waals surface area contributed by atoms with Crippen molar-refractivity contribution in [2.75, 3.05) is 18.5 Å². The number of thioether (sulfide) groups is 1. The first-order chi connectivity index (χ1) is 15.4. The van der Waals surface area contributed by atoms with E-state index in [2.05, 4.69) is 40.6 Å². The second-order valence-electron chi connectivity index (χ2n) is 8.68. The predicted molar refractivity (Wildman–Crippen MR) is 129 cm³/mol. The highest BCUT2D eigenvalue weighted by atomic mass is 32.2. The minimum atomic E-state index is -3.95. The molecule has 176 valence electrons. The van der Waals surface area contributed by atoms with Crippen LogP contribution in [0.15, 0.2) is 47.5 Å². The summed E-state index contributed by atoms with van der Waals surface area (Å²) >= 11 is 1.52. The molecule has 0 atom stereocenters.